The van der Waals surface area contributed by atoms with Gasteiger partial charge in [-0.05, 0) is 28.8 Å². The standard InChI is InChI=1S/C19H21N5O/c1-14(24-10-12-25-13-11-24)15-2-4-16(5-3-15)17-6-8-18(9-7-17)19-20-22-23-21-19/h2-9,14H,10-13H2,1H3,(H,20,21,22,23)/t14-/m1/s1. The average molecular weight is 335 g/mol. The highest BCUT2D eigenvalue weighted by Gasteiger charge is 2.18. The van der Waals surface area contributed by atoms with E-state index in [0.29, 0.717) is 11.9 Å². The van der Waals surface area contributed by atoms with Gasteiger partial charge in [-0.2, -0.15) is 5.21 Å². The quantitative estimate of drug-likeness (QED) is 0.794. The Morgan fingerprint density at radius 1 is 0.920 bits per heavy atom. The number of H-pyrrole nitrogens is 1. The van der Waals surface area contributed by atoms with Crippen molar-refractivity contribution in [2.24, 2.45) is 0 Å². The van der Waals surface area contributed by atoms with Crippen molar-refractivity contribution in [2.45, 2.75) is 13.0 Å². The number of aromatic nitrogens is 4. The minimum absolute atomic E-state index is 0.415. The largest absolute Gasteiger partial charge is 0.379 e. The van der Waals surface area contributed by atoms with Gasteiger partial charge in [-0.15, -0.1) is 10.2 Å². The molecule has 6 heteroatoms. The molecule has 1 N–H and O–H groups in total. The zero-order valence-corrected chi connectivity index (χ0v) is 14.2. The van der Waals surface area contributed by atoms with E-state index in [1.807, 2.05) is 12.1 Å². The highest BCUT2D eigenvalue weighted by molar-refractivity contribution is 5.67. The van der Waals surface area contributed by atoms with Crippen LogP contribution in [0.25, 0.3) is 22.5 Å². The van der Waals surface area contributed by atoms with Crippen molar-refractivity contribution in [3.8, 4) is 22.5 Å². The molecule has 6 nitrogen and oxygen atoms in total. The molecule has 1 fully saturated rings. The van der Waals surface area contributed by atoms with Gasteiger partial charge in [-0.3, -0.25) is 4.90 Å². The van der Waals surface area contributed by atoms with E-state index in [1.165, 1.54) is 16.7 Å². The first-order valence-electron chi connectivity index (χ1n) is 8.57. The van der Waals surface area contributed by atoms with Gasteiger partial charge < -0.3 is 4.74 Å². The smallest absolute Gasteiger partial charge is 0.204 e. The number of hydrogen-bond acceptors (Lipinski definition) is 5. The molecular formula is C19H21N5O. The Balaban J connectivity index is 1.49. The minimum Gasteiger partial charge on any atom is -0.379 e. The van der Waals surface area contributed by atoms with E-state index in [9.17, 15) is 0 Å². The molecule has 4 rings (SSSR count). The molecule has 0 unspecified atom stereocenters. The second-order valence-electron chi connectivity index (χ2n) is 6.26. The van der Waals surface area contributed by atoms with Crippen molar-refractivity contribution in [3.63, 3.8) is 0 Å². The molecule has 128 valence electrons. The van der Waals surface area contributed by atoms with E-state index in [2.05, 4.69) is 68.8 Å². The van der Waals surface area contributed by atoms with Crippen molar-refractivity contribution in [2.75, 3.05) is 26.3 Å². The highest BCUT2D eigenvalue weighted by atomic mass is 16.5. The number of rotatable bonds is 4. The number of morpholine rings is 1. The lowest BCUT2D eigenvalue weighted by molar-refractivity contribution is 0.0198. The summed E-state index contributed by atoms with van der Waals surface area (Å²) >= 11 is 0. The van der Waals surface area contributed by atoms with E-state index in [1.54, 1.807) is 0 Å². The predicted molar refractivity (Wildman–Crippen MR) is 95.9 cm³/mol. The lowest BCUT2D eigenvalue weighted by Gasteiger charge is -2.32. The molecule has 0 radical (unpaired) electrons. The molecule has 1 aliphatic rings. The van der Waals surface area contributed by atoms with Crippen LogP contribution in [0.2, 0.25) is 0 Å². The summed E-state index contributed by atoms with van der Waals surface area (Å²) in [5, 5.41) is 14.1. The number of tetrazole rings is 1. The van der Waals surface area contributed by atoms with Gasteiger partial charge in [-0.1, -0.05) is 48.5 Å². The Bertz CT molecular complexity index is 793. The average Bonchev–Trinajstić information content (AvgIpc) is 3.23. The summed E-state index contributed by atoms with van der Waals surface area (Å²) in [5.41, 5.74) is 4.68. The molecule has 1 aromatic heterocycles. The summed E-state index contributed by atoms with van der Waals surface area (Å²) < 4.78 is 5.44. The van der Waals surface area contributed by atoms with Crippen LogP contribution in [-0.4, -0.2) is 51.8 Å². The molecule has 3 aromatic rings. The highest BCUT2D eigenvalue weighted by Crippen LogP contribution is 2.26. The van der Waals surface area contributed by atoms with E-state index >= 15 is 0 Å². The number of nitrogens with zero attached hydrogens (tertiary/aromatic N) is 4. The molecule has 0 spiro atoms. The first-order valence-corrected chi connectivity index (χ1v) is 8.57. The molecule has 0 amide bonds. The Kier molecular flexibility index (Phi) is 4.54. The molecule has 0 bridgehead atoms. The van der Waals surface area contributed by atoms with Crippen molar-refractivity contribution < 1.29 is 4.74 Å². The SMILES string of the molecule is C[C@H](c1ccc(-c2ccc(-c3nn[nH]n3)cc2)cc1)N1CCOCC1. The van der Waals surface area contributed by atoms with Crippen molar-refractivity contribution in [1.29, 1.82) is 0 Å². The van der Waals surface area contributed by atoms with E-state index in [-0.39, 0.29) is 0 Å². The maximum absolute atomic E-state index is 5.44. The minimum atomic E-state index is 0.415. The van der Waals surface area contributed by atoms with Crippen LogP contribution in [-0.2, 0) is 4.74 Å². The summed E-state index contributed by atoms with van der Waals surface area (Å²) in [5.74, 6) is 0.612. The van der Waals surface area contributed by atoms with Gasteiger partial charge in [-0.25, -0.2) is 0 Å². The third-order valence-corrected chi connectivity index (χ3v) is 4.81. The van der Waals surface area contributed by atoms with Crippen molar-refractivity contribution in [3.05, 3.63) is 54.1 Å². The molecule has 25 heavy (non-hydrogen) atoms. The molecular weight excluding hydrogens is 314 g/mol. The second-order valence-corrected chi connectivity index (χ2v) is 6.26. The van der Waals surface area contributed by atoms with E-state index in [4.69, 9.17) is 4.74 Å². The predicted octanol–water partition coefficient (Wildman–Crippen LogP) is 2.93. The monoisotopic (exact) mass is 335 g/mol. The summed E-state index contributed by atoms with van der Waals surface area (Å²) in [6.45, 7) is 5.92. The Morgan fingerprint density at radius 2 is 1.52 bits per heavy atom. The fourth-order valence-corrected chi connectivity index (χ4v) is 3.23. The molecule has 1 aliphatic heterocycles. The van der Waals surface area contributed by atoms with Crippen LogP contribution < -0.4 is 0 Å². The normalized spacial score (nSPS) is 16.7. The van der Waals surface area contributed by atoms with Crippen LogP contribution in [0, 0.1) is 0 Å². The summed E-state index contributed by atoms with van der Waals surface area (Å²) in [7, 11) is 0. The number of aromatic amines is 1. The molecule has 1 atom stereocenters. The van der Waals surface area contributed by atoms with Crippen molar-refractivity contribution >= 4 is 0 Å². The van der Waals surface area contributed by atoms with Gasteiger partial charge in [0, 0.05) is 24.7 Å². The van der Waals surface area contributed by atoms with Gasteiger partial charge in [0.05, 0.1) is 13.2 Å². The second kappa shape index (κ2) is 7.13. The maximum atomic E-state index is 5.44. The van der Waals surface area contributed by atoms with Gasteiger partial charge in [0.1, 0.15) is 0 Å². The van der Waals surface area contributed by atoms with Crippen LogP contribution in [0.4, 0.5) is 0 Å². The van der Waals surface area contributed by atoms with E-state index < -0.39 is 0 Å². The van der Waals surface area contributed by atoms with Crippen molar-refractivity contribution in [1.82, 2.24) is 25.5 Å². The first-order chi connectivity index (χ1) is 12.3. The number of nitrogens with one attached hydrogen (secondary N) is 1. The molecule has 0 saturated carbocycles. The van der Waals surface area contributed by atoms with Crippen LogP contribution in [0.1, 0.15) is 18.5 Å². The lowest BCUT2D eigenvalue weighted by Crippen LogP contribution is -2.37. The molecule has 2 aromatic carbocycles. The van der Waals surface area contributed by atoms with Gasteiger partial charge in [0.2, 0.25) is 5.82 Å². The number of hydrogen-bond donors (Lipinski definition) is 1. The van der Waals surface area contributed by atoms with Crippen LogP contribution in [0.15, 0.2) is 48.5 Å². The van der Waals surface area contributed by atoms with Crippen LogP contribution in [0.3, 0.4) is 0 Å². The fraction of sp³-hybridized carbons (Fsp3) is 0.316. The number of ether oxygens (including phenoxy) is 1. The molecule has 2 heterocycles. The third-order valence-electron chi connectivity index (χ3n) is 4.81. The Hall–Kier alpha value is -2.57. The topological polar surface area (TPSA) is 66.9 Å². The zero-order chi connectivity index (χ0) is 17.1. The van der Waals surface area contributed by atoms with Gasteiger partial charge in [0.15, 0.2) is 0 Å². The molecule has 1 saturated heterocycles. The van der Waals surface area contributed by atoms with Crippen LogP contribution >= 0.6 is 0 Å². The Labute approximate surface area is 146 Å². The van der Waals surface area contributed by atoms with E-state index in [0.717, 1.165) is 31.9 Å². The number of benzene rings is 2. The van der Waals surface area contributed by atoms with Crippen LogP contribution in [0.5, 0.6) is 0 Å². The maximum Gasteiger partial charge on any atom is 0.204 e. The first kappa shape index (κ1) is 15.9. The molecule has 0 aliphatic carbocycles. The lowest BCUT2D eigenvalue weighted by atomic mass is 9.99. The zero-order valence-electron chi connectivity index (χ0n) is 14.2. The fourth-order valence-electron chi connectivity index (χ4n) is 3.23. The summed E-state index contributed by atoms with van der Waals surface area (Å²) in [4.78, 5) is 2.47. The third kappa shape index (κ3) is 3.45. The summed E-state index contributed by atoms with van der Waals surface area (Å²) in [6.07, 6.45) is 0. The van der Waals surface area contributed by atoms with Gasteiger partial charge in [0.25, 0.3) is 0 Å². The van der Waals surface area contributed by atoms with Gasteiger partial charge >= 0.3 is 0 Å². The summed E-state index contributed by atoms with van der Waals surface area (Å²) in [6, 6.07) is 17.5. The Morgan fingerprint density at radius 3 is 2.12 bits per heavy atom.